The first kappa shape index (κ1) is 18.4. The maximum absolute atomic E-state index is 11.7. The predicted molar refractivity (Wildman–Crippen MR) is 89.2 cm³/mol. The van der Waals surface area contributed by atoms with Gasteiger partial charge < -0.3 is 16.0 Å². The number of nitrogens with zero attached hydrogens (tertiary/aromatic N) is 1. The number of carbonyl (C=O) groups excluding carboxylic acids is 1. The molecule has 124 valence electrons. The van der Waals surface area contributed by atoms with Crippen LogP contribution in [0.1, 0.15) is 71.6 Å². The highest BCUT2D eigenvalue weighted by atomic mass is 16.1. The zero-order valence-electron chi connectivity index (χ0n) is 14.3. The first-order valence-corrected chi connectivity index (χ1v) is 8.75. The van der Waals surface area contributed by atoms with E-state index in [0.717, 1.165) is 38.4 Å². The number of hydrogen-bond donors (Lipinski definition) is 2. The van der Waals surface area contributed by atoms with E-state index in [1.807, 2.05) is 6.92 Å². The van der Waals surface area contributed by atoms with E-state index < -0.39 is 5.54 Å². The van der Waals surface area contributed by atoms with Crippen LogP contribution in [0.4, 0.5) is 0 Å². The van der Waals surface area contributed by atoms with Gasteiger partial charge in [-0.05, 0) is 59.2 Å². The maximum atomic E-state index is 11.7. The van der Waals surface area contributed by atoms with Crippen LogP contribution in [0.25, 0.3) is 0 Å². The molecule has 0 aromatic carbocycles. The van der Waals surface area contributed by atoms with Gasteiger partial charge in [0.25, 0.3) is 0 Å². The number of primary amides is 1. The largest absolute Gasteiger partial charge is 0.368 e. The molecule has 0 spiro atoms. The van der Waals surface area contributed by atoms with Crippen molar-refractivity contribution < 1.29 is 4.79 Å². The van der Waals surface area contributed by atoms with Gasteiger partial charge in [-0.15, -0.1) is 0 Å². The van der Waals surface area contributed by atoms with Crippen LogP contribution in [0.2, 0.25) is 0 Å². The van der Waals surface area contributed by atoms with Gasteiger partial charge in [-0.3, -0.25) is 4.79 Å². The lowest BCUT2D eigenvalue weighted by Gasteiger charge is -2.31. The van der Waals surface area contributed by atoms with Crippen molar-refractivity contribution in [2.45, 2.75) is 83.2 Å². The van der Waals surface area contributed by atoms with Crippen LogP contribution in [-0.2, 0) is 4.79 Å². The lowest BCUT2D eigenvalue weighted by atomic mass is 9.94. The van der Waals surface area contributed by atoms with Crippen molar-refractivity contribution in [3.63, 3.8) is 0 Å². The Bertz CT molecular complexity index is 300. The summed E-state index contributed by atoms with van der Waals surface area (Å²) >= 11 is 0. The lowest BCUT2D eigenvalue weighted by molar-refractivity contribution is -0.124. The van der Waals surface area contributed by atoms with Crippen LogP contribution in [0, 0.1) is 0 Å². The van der Waals surface area contributed by atoms with E-state index in [2.05, 4.69) is 24.2 Å². The summed E-state index contributed by atoms with van der Waals surface area (Å²) in [5, 5.41) is 3.32. The predicted octanol–water partition coefficient (Wildman–Crippen LogP) is 2.66. The maximum Gasteiger partial charge on any atom is 0.237 e. The molecule has 21 heavy (non-hydrogen) atoms. The molecule has 0 aromatic rings. The van der Waals surface area contributed by atoms with Gasteiger partial charge in [-0.2, -0.15) is 0 Å². The van der Waals surface area contributed by atoms with Crippen LogP contribution in [0.3, 0.4) is 0 Å². The molecule has 1 aliphatic carbocycles. The number of amides is 1. The average Bonchev–Trinajstić information content (AvgIpc) is 2.74. The van der Waals surface area contributed by atoms with Crippen molar-refractivity contribution in [1.82, 2.24) is 10.2 Å². The molecule has 1 atom stereocenters. The standard InChI is InChI=1S/C17H35N3O/c1-4-13-19-17(2,16(18)21)12-9-14-20(3)15-10-7-5-6-8-11-15/h15,19H,4-14H2,1-3H3,(H2,18,21). The van der Waals surface area contributed by atoms with Gasteiger partial charge in [0.1, 0.15) is 0 Å². The minimum atomic E-state index is -0.555. The molecular weight excluding hydrogens is 262 g/mol. The minimum Gasteiger partial charge on any atom is -0.368 e. The van der Waals surface area contributed by atoms with E-state index in [-0.39, 0.29) is 5.91 Å². The Morgan fingerprint density at radius 1 is 1.29 bits per heavy atom. The van der Waals surface area contributed by atoms with Gasteiger partial charge in [0.15, 0.2) is 0 Å². The molecule has 0 aromatic heterocycles. The average molecular weight is 297 g/mol. The highest BCUT2D eigenvalue weighted by Gasteiger charge is 2.29. The smallest absolute Gasteiger partial charge is 0.237 e. The minimum absolute atomic E-state index is 0.229. The zero-order valence-corrected chi connectivity index (χ0v) is 14.3. The van der Waals surface area contributed by atoms with E-state index in [1.54, 1.807) is 0 Å². The molecule has 1 amide bonds. The van der Waals surface area contributed by atoms with Gasteiger partial charge >= 0.3 is 0 Å². The van der Waals surface area contributed by atoms with Gasteiger partial charge in [0.05, 0.1) is 5.54 Å². The number of nitrogens with one attached hydrogen (secondary N) is 1. The SMILES string of the molecule is CCCNC(C)(CCCN(C)C1CCCCCC1)C(N)=O. The van der Waals surface area contributed by atoms with Crippen molar-refractivity contribution in [3.8, 4) is 0 Å². The van der Waals surface area contributed by atoms with Crippen LogP contribution < -0.4 is 11.1 Å². The summed E-state index contributed by atoms with van der Waals surface area (Å²) in [4.78, 5) is 14.2. The molecule has 0 radical (unpaired) electrons. The van der Waals surface area contributed by atoms with Gasteiger partial charge in [-0.1, -0.05) is 32.6 Å². The molecule has 0 heterocycles. The fourth-order valence-electron chi connectivity index (χ4n) is 3.26. The molecule has 1 saturated carbocycles. The van der Waals surface area contributed by atoms with Crippen LogP contribution in [0.15, 0.2) is 0 Å². The summed E-state index contributed by atoms with van der Waals surface area (Å²) < 4.78 is 0. The zero-order chi connectivity index (χ0) is 15.7. The fourth-order valence-corrected chi connectivity index (χ4v) is 3.26. The van der Waals surface area contributed by atoms with Crippen molar-refractivity contribution in [1.29, 1.82) is 0 Å². The Morgan fingerprint density at radius 3 is 2.43 bits per heavy atom. The van der Waals surface area contributed by atoms with E-state index in [9.17, 15) is 4.79 Å². The third kappa shape index (κ3) is 6.35. The monoisotopic (exact) mass is 297 g/mol. The second-order valence-electron chi connectivity index (χ2n) is 6.85. The number of carbonyl (C=O) groups is 1. The first-order chi connectivity index (χ1) is 9.99. The van der Waals surface area contributed by atoms with E-state index in [4.69, 9.17) is 5.73 Å². The molecule has 4 heteroatoms. The second kappa shape index (κ2) is 9.42. The molecular formula is C17H35N3O. The lowest BCUT2D eigenvalue weighted by Crippen LogP contribution is -2.53. The van der Waals surface area contributed by atoms with Crippen molar-refractivity contribution in [2.24, 2.45) is 5.73 Å². The van der Waals surface area contributed by atoms with Crippen LogP contribution >= 0.6 is 0 Å². The normalized spacial score (nSPS) is 20.2. The highest BCUT2D eigenvalue weighted by Crippen LogP contribution is 2.22. The quantitative estimate of drug-likeness (QED) is 0.643. The molecule has 1 aliphatic rings. The second-order valence-corrected chi connectivity index (χ2v) is 6.85. The molecule has 1 rings (SSSR count). The summed E-state index contributed by atoms with van der Waals surface area (Å²) in [5.41, 5.74) is 5.02. The first-order valence-electron chi connectivity index (χ1n) is 8.75. The summed E-state index contributed by atoms with van der Waals surface area (Å²) in [6.45, 7) is 5.95. The van der Waals surface area contributed by atoms with Gasteiger partial charge in [0, 0.05) is 6.04 Å². The number of hydrogen-bond acceptors (Lipinski definition) is 3. The van der Waals surface area contributed by atoms with Crippen molar-refractivity contribution in [2.75, 3.05) is 20.1 Å². The highest BCUT2D eigenvalue weighted by molar-refractivity contribution is 5.84. The van der Waals surface area contributed by atoms with Crippen molar-refractivity contribution >= 4 is 5.91 Å². The Morgan fingerprint density at radius 2 is 1.90 bits per heavy atom. The summed E-state index contributed by atoms with van der Waals surface area (Å²) in [6.07, 6.45) is 11.0. The summed E-state index contributed by atoms with van der Waals surface area (Å²) in [6, 6.07) is 0.732. The third-order valence-corrected chi connectivity index (χ3v) is 4.94. The van der Waals surface area contributed by atoms with E-state index in [1.165, 1.54) is 38.5 Å². The Hall–Kier alpha value is -0.610. The molecule has 4 nitrogen and oxygen atoms in total. The van der Waals surface area contributed by atoms with Gasteiger partial charge in [0.2, 0.25) is 5.91 Å². The Labute approximate surface area is 130 Å². The Balaban J connectivity index is 2.36. The van der Waals surface area contributed by atoms with Crippen LogP contribution in [-0.4, -0.2) is 42.5 Å². The number of rotatable bonds is 9. The van der Waals surface area contributed by atoms with Gasteiger partial charge in [-0.25, -0.2) is 0 Å². The van der Waals surface area contributed by atoms with Crippen LogP contribution in [0.5, 0.6) is 0 Å². The Kier molecular flexibility index (Phi) is 8.27. The van der Waals surface area contributed by atoms with E-state index >= 15 is 0 Å². The molecule has 0 saturated heterocycles. The third-order valence-electron chi connectivity index (χ3n) is 4.94. The van der Waals surface area contributed by atoms with Crippen molar-refractivity contribution in [3.05, 3.63) is 0 Å². The molecule has 0 aliphatic heterocycles. The molecule has 1 unspecified atom stereocenters. The fraction of sp³-hybridized carbons (Fsp3) is 0.941. The summed E-state index contributed by atoms with van der Waals surface area (Å²) in [5.74, 6) is -0.229. The topological polar surface area (TPSA) is 58.4 Å². The number of nitrogens with two attached hydrogens (primary N) is 1. The molecule has 0 bridgehead atoms. The van der Waals surface area contributed by atoms with E-state index in [0.29, 0.717) is 0 Å². The summed E-state index contributed by atoms with van der Waals surface area (Å²) in [7, 11) is 2.23. The molecule has 3 N–H and O–H groups in total. The molecule has 1 fully saturated rings.